The van der Waals surface area contributed by atoms with Crippen LogP contribution in [0.15, 0.2) is 61.2 Å². The maximum Gasteiger partial charge on any atom is 0.317 e. The van der Waals surface area contributed by atoms with Gasteiger partial charge in [-0.1, -0.05) is 41.9 Å². The summed E-state index contributed by atoms with van der Waals surface area (Å²) >= 11 is 5.92. The molecule has 1 aromatic heterocycles. The van der Waals surface area contributed by atoms with Crippen molar-refractivity contribution in [3.63, 3.8) is 0 Å². The summed E-state index contributed by atoms with van der Waals surface area (Å²) in [5.41, 5.74) is 2.15. The fraction of sp³-hybridized carbons (Fsp3) is 0.250. The molecule has 2 aromatic carbocycles. The van der Waals surface area contributed by atoms with Gasteiger partial charge in [0.1, 0.15) is 25.0 Å². The summed E-state index contributed by atoms with van der Waals surface area (Å²) in [7, 11) is 1.73. The molecule has 3 aromatic rings. The summed E-state index contributed by atoms with van der Waals surface area (Å²) in [6.45, 7) is 1.99. The third-order valence-corrected chi connectivity index (χ3v) is 4.35. The topological polar surface area (TPSA) is 72.3 Å². The van der Waals surface area contributed by atoms with Crippen LogP contribution in [0.1, 0.15) is 11.1 Å². The van der Waals surface area contributed by atoms with Crippen molar-refractivity contribution in [3.8, 4) is 5.75 Å². The van der Waals surface area contributed by atoms with Crippen molar-refractivity contribution >= 4 is 17.6 Å². The first-order valence-corrected chi connectivity index (χ1v) is 9.25. The highest BCUT2D eigenvalue weighted by molar-refractivity contribution is 6.30. The van der Waals surface area contributed by atoms with Gasteiger partial charge in [-0.15, -0.1) is 0 Å². The van der Waals surface area contributed by atoms with Gasteiger partial charge < -0.3 is 15.0 Å². The Morgan fingerprint density at radius 1 is 1.21 bits per heavy atom. The van der Waals surface area contributed by atoms with Crippen molar-refractivity contribution in [2.24, 2.45) is 0 Å². The summed E-state index contributed by atoms with van der Waals surface area (Å²) < 4.78 is 7.37. The fourth-order valence-corrected chi connectivity index (χ4v) is 2.72. The number of urea groups is 1. The van der Waals surface area contributed by atoms with Crippen molar-refractivity contribution in [2.45, 2.75) is 13.1 Å². The largest absolute Gasteiger partial charge is 0.492 e. The molecule has 0 spiro atoms. The molecule has 0 aliphatic rings. The Kier molecular flexibility index (Phi) is 6.86. The van der Waals surface area contributed by atoms with Crippen LogP contribution >= 0.6 is 11.6 Å². The molecule has 7 nitrogen and oxygen atoms in total. The molecule has 1 heterocycles. The van der Waals surface area contributed by atoms with Gasteiger partial charge in [-0.05, 0) is 29.3 Å². The summed E-state index contributed by atoms with van der Waals surface area (Å²) in [6.07, 6.45) is 3.19. The number of nitrogens with one attached hydrogen (secondary N) is 1. The lowest BCUT2D eigenvalue weighted by Gasteiger charge is -2.18. The van der Waals surface area contributed by atoms with Gasteiger partial charge in [0, 0.05) is 18.6 Å². The average molecular weight is 400 g/mol. The summed E-state index contributed by atoms with van der Waals surface area (Å²) in [5.74, 6) is 0.687. The van der Waals surface area contributed by atoms with Crippen LogP contribution in [0.5, 0.6) is 5.75 Å². The molecule has 146 valence electrons. The zero-order valence-electron chi connectivity index (χ0n) is 15.6. The van der Waals surface area contributed by atoms with Crippen LogP contribution < -0.4 is 10.1 Å². The maximum absolute atomic E-state index is 12.2. The molecule has 0 aliphatic heterocycles. The van der Waals surface area contributed by atoms with Gasteiger partial charge in [-0.25, -0.2) is 14.5 Å². The van der Waals surface area contributed by atoms with Crippen molar-refractivity contribution < 1.29 is 9.53 Å². The van der Waals surface area contributed by atoms with Crippen molar-refractivity contribution in [3.05, 3.63) is 77.3 Å². The minimum atomic E-state index is -0.151. The molecule has 0 fully saturated rings. The highest BCUT2D eigenvalue weighted by Gasteiger charge is 2.08. The van der Waals surface area contributed by atoms with Gasteiger partial charge in [0.25, 0.3) is 0 Å². The minimum Gasteiger partial charge on any atom is -0.492 e. The highest BCUT2D eigenvalue weighted by atomic mass is 35.5. The van der Waals surface area contributed by atoms with E-state index in [1.807, 2.05) is 36.4 Å². The highest BCUT2D eigenvalue weighted by Crippen LogP contribution is 2.16. The summed E-state index contributed by atoms with van der Waals surface area (Å²) in [5, 5.41) is 7.61. The molecule has 0 atom stereocenters. The second kappa shape index (κ2) is 9.75. The molecule has 0 bridgehead atoms. The minimum absolute atomic E-state index is 0.151. The van der Waals surface area contributed by atoms with Crippen LogP contribution in [0, 0.1) is 0 Å². The van der Waals surface area contributed by atoms with Gasteiger partial charge in [-0.2, -0.15) is 5.10 Å². The second-order valence-electron chi connectivity index (χ2n) is 6.30. The van der Waals surface area contributed by atoms with E-state index in [0.717, 1.165) is 11.1 Å². The second-order valence-corrected chi connectivity index (χ2v) is 6.73. The smallest absolute Gasteiger partial charge is 0.317 e. The molecule has 28 heavy (non-hydrogen) atoms. The molecule has 0 unspecified atom stereocenters. The normalized spacial score (nSPS) is 10.5. The van der Waals surface area contributed by atoms with E-state index in [4.69, 9.17) is 16.3 Å². The van der Waals surface area contributed by atoms with E-state index in [1.54, 1.807) is 35.1 Å². The Labute approximate surface area is 168 Å². The van der Waals surface area contributed by atoms with Crippen LogP contribution in [-0.4, -0.2) is 45.9 Å². The maximum atomic E-state index is 12.2. The molecule has 1 N–H and O–H groups in total. The molecule has 0 aliphatic carbocycles. The first-order chi connectivity index (χ1) is 13.6. The molecular weight excluding hydrogens is 378 g/mol. The Morgan fingerprint density at radius 3 is 2.71 bits per heavy atom. The van der Waals surface area contributed by atoms with E-state index in [-0.39, 0.29) is 6.03 Å². The van der Waals surface area contributed by atoms with Crippen LogP contribution in [0.4, 0.5) is 4.79 Å². The number of rotatable bonds is 8. The van der Waals surface area contributed by atoms with E-state index >= 15 is 0 Å². The Balaban J connectivity index is 1.39. The lowest BCUT2D eigenvalue weighted by Crippen LogP contribution is -2.39. The first-order valence-electron chi connectivity index (χ1n) is 8.88. The lowest BCUT2D eigenvalue weighted by molar-refractivity contribution is 0.195. The van der Waals surface area contributed by atoms with Gasteiger partial charge in [0.2, 0.25) is 0 Å². The molecule has 3 rings (SSSR count). The monoisotopic (exact) mass is 399 g/mol. The van der Waals surface area contributed by atoms with Crippen molar-refractivity contribution in [1.82, 2.24) is 25.0 Å². The number of carbonyl (C=O) groups is 1. The van der Waals surface area contributed by atoms with Crippen LogP contribution in [0.25, 0.3) is 0 Å². The zero-order chi connectivity index (χ0) is 19.8. The number of likely N-dealkylation sites (N-methyl/N-ethyl adjacent to an activating group) is 1. The summed E-state index contributed by atoms with van der Waals surface area (Å²) in [6, 6.07) is 15.1. The molecular formula is C20H22ClN5O2. The third-order valence-electron chi connectivity index (χ3n) is 4.12. The van der Waals surface area contributed by atoms with E-state index < -0.39 is 0 Å². The lowest BCUT2D eigenvalue weighted by atomic mass is 10.1. The zero-order valence-corrected chi connectivity index (χ0v) is 16.3. The number of nitrogens with zero attached hydrogens (tertiary/aromatic N) is 4. The van der Waals surface area contributed by atoms with Gasteiger partial charge in [0.05, 0.1) is 13.1 Å². The number of aromatic nitrogens is 3. The molecule has 0 saturated heterocycles. The molecule has 8 heteroatoms. The van der Waals surface area contributed by atoms with E-state index in [2.05, 4.69) is 15.4 Å². The van der Waals surface area contributed by atoms with Gasteiger partial charge >= 0.3 is 6.03 Å². The Hall–Kier alpha value is -3.06. The van der Waals surface area contributed by atoms with E-state index in [1.165, 1.54) is 6.33 Å². The van der Waals surface area contributed by atoms with Crippen LogP contribution in [0.3, 0.4) is 0 Å². The number of ether oxygens (including phenoxy) is 1. The molecule has 0 radical (unpaired) electrons. The first kappa shape index (κ1) is 19.7. The number of carbonyl (C=O) groups excluding carboxylic acids is 1. The predicted molar refractivity (Wildman–Crippen MR) is 107 cm³/mol. The predicted octanol–water partition coefficient (Wildman–Crippen LogP) is 3.20. The standard InChI is InChI=1S/C20H22ClN5O2/c1-25(9-10-28-19-4-2-3-18(21)11-19)20(27)23-12-16-5-7-17(8-6-16)13-26-15-22-14-24-26/h2-8,11,14-15H,9-10,12-13H2,1H3,(H,23,27). The fourth-order valence-electron chi connectivity index (χ4n) is 2.54. The van der Waals surface area contributed by atoms with Crippen molar-refractivity contribution in [2.75, 3.05) is 20.2 Å². The molecule has 2 amide bonds. The van der Waals surface area contributed by atoms with Crippen molar-refractivity contribution in [1.29, 1.82) is 0 Å². The van der Waals surface area contributed by atoms with Crippen LogP contribution in [0.2, 0.25) is 5.02 Å². The summed E-state index contributed by atoms with van der Waals surface area (Å²) in [4.78, 5) is 17.7. The SMILES string of the molecule is CN(CCOc1cccc(Cl)c1)C(=O)NCc1ccc(Cn2cncn2)cc1. The Morgan fingerprint density at radius 2 is 2.00 bits per heavy atom. The van der Waals surface area contributed by atoms with Gasteiger partial charge in [-0.3, -0.25) is 0 Å². The van der Waals surface area contributed by atoms with Crippen LogP contribution in [-0.2, 0) is 13.1 Å². The number of hydrogen-bond acceptors (Lipinski definition) is 4. The number of hydrogen-bond donors (Lipinski definition) is 1. The number of benzene rings is 2. The quantitative estimate of drug-likeness (QED) is 0.631. The number of amides is 2. The van der Waals surface area contributed by atoms with E-state index in [9.17, 15) is 4.79 Å². The Bertz CT molecular complexity index is 884. The third kappa shape index (κ3) is 5.99. The van der Waals surface area contributed by atoms with Gasteiger partial charge in [0.15, 0.2) is 0 Å². The number of halogens is 1. The molecule has 0 saturated carbocycles. The van der Waals surface area contributed by atoms with E-state index in [0.29, 0.717) is 37.0 Å². The average Bonchev–Trinajstić information content (AvgIpc) is 3.20.